The lowest BCUT2D eigenvalue weighted by atomic mass is 10.1. The number of benzene rings is 1. The molecule has 0 unspecified atom stereocenters. The molecule has 7 heteroatoms. The molecule has 2 N–H and O–H groups in total. The first-order chi connectivity index (χ1) is 9.46. The van der Waals surface area contributed by atoms with E-state index < -0.39 is 19.6 Å². The van der Waals surface area contributed by atoms with Gasteiger partial charge in [0.15, 0.2) is 18.3 Å². The van der Waals surface area contributed by atoms with Crippen LogP contribution < -0.4 is 15.2 Å². The molecule has 0 aliphatic rings. The van der Waals surface area contributed by atoms with Gasteiger partial charge in [0, 0.05) is 0 Å². The summed E-state index contributed by atoms with van der Waals surface area (Å²) in [4.78, 5) is 0. The maximum absolute atomic E-state index is 11.9. The molecule has 1 aromatic rings. The minimum Gasteiger partial charge on any atom is -0.490 e. The van der Waals surface area contributed by atoms with Crippen LogP contribution in [0.5, 0.6) is 11.5 Å². The van der Waals surface area contributed by atoms with E-state index in [4.69, 9.17) is 15.2 Å². The normalized spacial score (nSPS) is 11.4. The molecule has 0 aliphatic carbocycles. The van der Waals surface area contributed by atoms with E-state index in [0.29, 0.717) is 31.1 Å². The van der Waals surface area contributed by atoms with Crippen molar-refractivity contribution in [2.75, 3.05) is 26.6 Å². The maximum Gasteiger partial charge on any atom is 0.411 e. The fourth-order valence-corrected chi connectivity index (χ4v) is 1.52. The summed E-state index contributed by atoms with van der Waals surface area (Å²) in [6, 6.07) is 5.18. The Morgan fingerprint density at radius 2 is 1.90 bits per heavy atom. The second kappa shape index (κ2) is 7.96. The molecular formula is C13H18F3NO3. The average molecular weight is 293 g/mol. The van der Waals surface area contributed by atoms with Crippen molar-refractivity contribution in [3.05, 3.63) is 23.8 Å². The number of alkyl halides is 3. The Morgan fingerprint density at radius 3 is 2.50 bits per heavy atom. The molecule has 0 atom stereocenters. The lowest BCUT2D eigenvalue weighted by Gasteiger charge is -2.14. The van der Waals surface area contributed by atoms with E-state index in [2.05, 4.69) is 4.74 Å². The highest BCUT2D eigenvalue weighted by Gasteiger charge is 2.27. The zero-order valence-electron chi connectivity index (χ0n) is 11.2. The number of nitrogens with two attached hydrogens (primary N) is 1. The monoisotopic (exact) mass is 293 g/mol. The number of halogens is 3. The van der Waals surface area contributed by atoms with Crippen LogP contribution in [0.1, 0.15) is 12.5 Å². The van der Waals surface area contributed by atoms with Gasteiger partial charge in [0.05, 0.1) is 6.61 Å². The molecular weight excluding hydrogens is 275 g/mol. The molecule has 4 nitrogen and oxygen atoms in total. The number of hydrogen-bond donors (Lipinski definition) is 1. The van der Waals surface area contributed by atoms with Crippen LogP contribution in [0.4, 0.5) is 13.2 Å². The van der Waals surface area contributed by atoms with Crippen molar-refractivity contribution in [1.82, 2.24) is 0 Å². The van der Waals surface area contributed by atoms with Crippen LogP contribution >= 0.6 is 0 Å². The fourth-order valence-electron chi connectivity index (χ4n) is 1.52. The SMILES string of the molecule is CCOc1cc(CCN)ccc1OCOCC(F)(F)F. The number of ether oxygens (including phenoxy) is 3. The van der Waals surface area contributed by atoms with Gasteiger partial charge in [-0.1, -0.05) is 6.07 Å². The molecule has 0 bridgehead atoms. The molecule has 1 aromatic carbocycles. The Kier molecular flexibility index (Phi) is 6.60. The van der Waals surface area contributed by atoms with Gasteiger partial charge in [-0.15, -0.1) is 0 Å². The minimum absolute atomic E-state index is 0.342. The Morgan fingerprint density at radius 1 is 1.15 bits per heavy atom. The second-order valence-corrected chi connectivity index (χ2v) is 3.98. The van der Waals surface area contributed by atoms with Crippen LogP contribution in [0.2, 0.25) is 0 Å². The number of rotatable bonds is 8. The van der Waals surface area contributed by atoms with Crippen molar-refractivity contribution in [3.63, 3.8) is 0 Å². The van der Waals surface area contributed by atoms with Gasteiger partial charge < -0.3 is 19.9 Å². The number of hydrogen-bond acceptors (Lipinski definition) is 4. The van der Waals surface area contributed by atoms with Gasteiger partial charge in [0.1, 0.15) is 6.61 Å². The molecule has 20 heavy (non-hydrogen) atoms. The lowest BCUT2D eigenvalue weighted by molar-refractivity contribution is -0.186. The molecule has 0 radical (unpaired) electrons. The van der Waals surface area contributed by atoms with Gasteiger partial charge in [-0.25, -0.2) is 0 Å². The van der Waals surface area contributed by atoms with Crippen molar-refractivity contribution in [2.45, 2.75) is 19.5 Å². The quantitative estimate of drug-likeness (QED) is 0.591. The third kappa shape index (κ3) is 6.12. The first kappa shape index (κ1) is 16.6. The van der Waals surface area contributed by atoms with Gasteiger partial charge in [0.25, 0.3) is 0 Å². The second-order valence-electron chi connectivity index (χ2n) is 3.98. The predicted molar refractivity (Wildman–Crippen MR) is 67.9 cm³/mol. The highest BCUT2D eigenvalue weighted by molar-refractivity contribution is 5.43. The zero-order chi connectivity index (χ0) is 15.0. The summed E-state index contributed by atoms with van der Waals surface area (Å²) in [5.41, 5.74) is 6.43. The molecule has 0 amide bonds. The maximum atomic E-state index is 11.9. The minimum atomic E-state index is -4.36. The van der Waals surface area contributed by atoms with Gasteiger partial charge in [-0.3, -0.25) is 0 Å². The first-order valence-corrected chi connectivity index (χ1v) is 6.19. The van der Waals surface area contributed by atoms with Crippen LogP contribution in [-0.4, -0.2) is 32.7 Å². The van der Waals surface area contributed by atoms with Crippen LogP contribution in [0.15, 0.2) is 18.2 Å². The van der Waals surface area contributed by atoms with E-state index in [1.165, 1.54) is 0 Å². The third-order valence-electron chi connectivity index (χ3n) is 2.30. The molecule has 1 rings (SSSR count). The largest absolute Gasteiger partial charge is 0.490 e. The molecule has 0 heterocycles. The van der Waals surface area contributed by atoms with E-state index in [1.807, 2.05) is 0 Å². The van der Waals surface area contributed by atoms with E-state index in [9.17, 15) is 13.2 Å². The van der Waals surface area contributed by atoms with Crippen LogP contribution in [0.3, 0.4) is 0 Å². The van der Waals surface area contributed by atoms with Crippen LogP contribution in [0.25, 0.3) is 0 Å². The molecule has 0 aliphatic heterocycles. The zero-order valence-corrected chi connectivity index (χ0v) is 11.2. The van der Waals surface area contributed by atoms with Crippen molar-refractivity contribution in [3.8, 4) is 11.5 Å². The first-order valence-electron chi connectivity index (χ1n) is 6.19. The summed E-state index contributed by atoms with van der Waals surface area (Å²) in [7, 11) is 0. The molecule has 0 saturated heterocycles. The summed E-state index contributed by atoms with van der Waals surface area (Å²) in [5, 5.41) is 0. The Balaban J connectivity index is 2.59. The van der Waals surface area contributed by atoms with Gasteiger partial charge >= 0.3 is 6.18 Å². The summed E-state index contributed by atoms with van der Waals surface area (Å²) in [6.07, 6.45) is -3.68. The van der Waals surface area contributed by atoms with Crippen molar-refractivity contribution in [2.24, 2.45) is 5.73 Å². The van der Waals surface area contributed by atoms with Gasteiger partial charge in [-0.05, 0) is 37.6 Å². The standard InChI is InChI=1S/C13H18F3NO3/c1-2-19-12-7-10(5-6-17)3-4-11(12)20-9-18-8-13(14,15)16/h3-4,7H,2,5-6,8-9,17H2,1H3. The Bertz CT molecular complexity index is 410. The van der Waals surface area contributed by atoms with E-state index >= 15 is 0 Å². The molecule has 0 saturated carbocycles. The molecule has 0 fully saturated rings. The fraction of sp³-hybridized carbons (Fsp3) is 0.538. The summed E-state index contributed by atoms with van der Waals surface area (Å²) < 4.78 is 50.6. The van der Waals surface area contributed by atoms with Crippen molar-refractivity contribution in [1.29, 1.82) is 0 Å². The summed E-state index contributed by atoms with van der Waals surface area (Å²) in [5.74, 6) is 0.809. The van der Waals surface area contributed by atoms with E-state index in [-0.39, 0.29) is 0 Å². The highest BCUT2D eigenvalue weighted by Crippen LogP contribution is 2.28. The van der Waals surface area contributed by atoms with E-state index in [1.54, 1.807) is 25.1 Å². The van der Waals surface area contributed by atoms with Crippen molar-refractivity contribution < 1.29 is 27.4 Å². The Hall–Kier alpha value is -1.47. The topological polar surface area (TPSA) is 53.7 Å². The molecule has 0 spiro atoms. The van der Waals surface area contributed by atoms with Crippen LogP contribution in [0, 0.1) is 0 Å². The third-order valence-corrected chi connectivity index (χ3v) is 2.30. The average Bonchev–Trinajstić information content (AvgIpc) is 2.36. The molecule has 0 aromatic heterocycles. The summed E-state index contributed by atoms with van der Waals surface area (Å²) in [6.45, 7) is 0.893. The highest BCUT2D eigenvalue weighted by atomic mass is 19.4. The van der Waals surface area contributed by atoms with E-state index in [0.717, 1.165) is 5.56 Å². The van der Waals surface area contributed by atoms with Crippen molar-refractivity contribution >= 4 is 0 Å². The molecule has 114 valence electrons. The smallest absolute Gasteiger partial charge is 0.411 e. The Labute approximate surface area is 115 Å². The lowest BCUT2D eigenvalue weighted by Crippen LogP contribution is -2.19. The van der Waals surface area contributed by atoms with Crippen LogP contribution in [-0.2, 0) is 11.2 Å². The summed E-state index contributed by atoms with van der Waals surface area (Å²) >= 11 is 0. The predicted octanol–water partition coefficient (Wildman–Crippen LogP) is 2.50. The van der Waals surface area contributed by atoms with Gasteiger partial charge in [0.2, 0.25) is 0 Å². The van der Waals surface area contributed by atoms with Gasteiger partial charge in [-0.2, -0.15) is 13.2 Å².